The van der Waals surface area contributed by atoms with Gasteiger partial charge >= 0.3 is 5.69 Å². The summed E-state index contributed by atoms with van der Waals surface area (Å²) in [5.41, 5.74) is 2.73. The van der Waals surface area contributed by atoms with E-state index in [-0.39, 0.29) is 24.1 Å². The number of hydrogen-bond donors (Lipinski definition) is 1. The molecular weight excluding hydrogens is 394 g/mol. The predicted molar refractivity (Wildman–Crippen MR) is 107 cm³/mol. The van der Waals surface area contributed by atoms with Crippen molar-refractivity contribution in [3.05, 3.63) is 69.1 Å². The largest absolute Gasteiger partial charge is 0.349 e. The van der Waals surface area contributed by atoms with E-state index in [4.69, 9.17) is 0 Å². The molecule has 1 N–H and O–H groups in total. The first-order chi connectivity index (χ1) is 12.5. The number of aromatic nitrogens is 2. The summed E-state index contributed by atoms with van der Waals surface area (Å²) in [7, 11) is 0. The normalized spacial score (nSPS) is 12.3. The summed E-state index contributed by atoms with van der Waals surface area (Å²) in [6, 6.07) is 15.4. The first kappa shape index (κ1) is 18.5. The summed E-state index contributed by atoms with van der Waals surface area (Å²) in [5.74, 6) is -0.0755. The number of rotatable bonds is 6. The van der Waals surface area contributed by atoms with Crippen molar-refractivity contribution in [3.8, 4) is 0 Å². The number of carbonyl (C=O) groups excluding carboxylic acids is 1. The molecule has 5 nitrogen and oxygen atoms in total. The molecule has 0 saturated carbocycles. The Hall–Kier alpha value is -2.34. The maximum absolute atomic E-state index is 12.6. The quantitative estimate of drug-likeness (QED) is 0.664. The third-order valence-corrected chi connectivity index (χ3v) is 5.28. The second kappa shape index (κ2) is 7.91. The van der Waals surface area contributed by atoms with Crippen molar-refractivity contribution in [2.75, 3.05) is 0 Å². The second-order valence-electron chi connectivity index (χ2n) is 6.23. The average Bonchev–Trinajstić information content (AvgIpc) is 2.91. The van der Waals surface area contributed by atoms with E-state index in [1.165, 1.54) is 0 Å². The first-order valence-electron chi connectivity index (χ1n) is 8.74. The number of amides is 1. The topological polar surface area (TPSA) is 56.0 Å². The van der Waals surface area contributed by atoms with Crippen molar-refractivity contribution in [1.82, 2.24) is 14.5 Å². The summed E-state index contributed by atoms with van der Waals surface area (Å²) >= 11 is 3.51. The van der Waals surface area contributed by atoms with Crippen LogP contribution < -0.4 is 11.0 Å². The highest BCUT2D eigenvalue weighted by Gasteiger charge is 2.15. The molecule has 0 spiro atoms. The molecule has 1 heterocycles. The van der Waals surface area contributed by atoms with Crippen LogP contribution in [-0.2, 0) is 17.9 Å². The van der Waals surface area contributed by atoms with Crippen LogP contribution >= 0.6 is 15.9 Å². The van der Waals surface area contributed by atoms with Crippen LogP contribution in [0, 0.1) is 0 Å². The first-order valence-corrected chi connectivity index (χ1v) is 9.54. The Kier molecular flexibility index (Phi) is 5.61. The summed E-state index contributed by atoms with van der Waals surface area (Å²) in [5, 5.41) is 3.00. The van der Waals surface area contributed by atoms with Crippen molar-refractivity contribution in [2.45, 2.75) is 39.4 Å². The van der Waals surface area contributed by atoms with Gasteiger partial charge in [-0.15, -0.1) is 0 Å². The molecule has 0 aliphatic carbocycles. The molecule has 136 valence electrons. The van der Waals surface area contributed by atoms with Gasteiger partial charge in [0.25, 0.3) is 0 Å². The number of fused-ring (bicyclic) bond motifs is 1. The summed E-state index contributed by atoms with van der Waals surface area (Å²) < 4.78 is 4.38. The molecule has 26 heavy (non-hydrogen) atoms. The molecule has 6 heteroatoms. The molecule has 0 aliphatic heterocycles. The number of aryl methyl sites for hydroxylation is 2. The Labute approximate surface area is 160 Å². The minimum Gasteiger partial charge on any atom is -0.349 e. The number of hydrogen-bond acceptors (Lipinski definition) is 2. The maximum Gasteiger partial charge on any atom is 0.329 e. The number of carbonyl (C=O) groups is 1. The standard InChI is InChI=1S/C20H22BrN3O2/c1-3-23-17-10-6-7-11-18(17)24(20(23)26)13-12-19(25)22-14(2)15-8-4-5-9-16(15)21/h4-11,14H,3,12-13H2,1-2H3,(H,22,25). The highest BCUT2D eigenvalue weighted by molar-refractivity contribution is 9.10. The molecule has 3 aromatic rings. The third-order valence-electron chi connectivity index (χ3n) is 4.55. The minimum atomic E-state index is -0.105. The molecule has 0 aliphatic rings. The number of imidazole rings is 1. The summed E-state index contributed by atoms with van der Waals surface area (Å²) in [6.07, 6.45) is 0.256. The van der Waals surface area contributed by atoms with E-state index in [2.05, 4.69) is 21.2 Å². The van der Waals surface area contributed by atoms with Crippen molar-refractivity contribution < 1.29 is 4.79 Å². The van der Waals surface area contributed by atoms with E-state index in [1.54, 1.807) is 9.13 Å². The molecule has 1 atom stereocenters. The van der Waals surface area contributed by atoms with E-state index in [0.29, 0.717) is 13.1 Å². The van der Waals surface area contributed by atoms with Gasteiger partial charge in [0.05, 0.1) is 17.1 Å². The number of halogens is 1. The van der Waals surface area contributed by atoms with Crippen molar-refractivity contribution >= 4 is 32.9 Å². The van der Waals surface area contributed by atoms with Crippen LogP contribution in [0.4, 0.5) is 0 Å². The zero-order valence-corrected chi connectivity index (χ0v) is 16.5. The van der Waals surface area contributed by atoms with Gasteiger partial charge in [-0.1, -0.05) is 46.3 Å². The fourth-order valence-corrected chi connectivity index (χ4v) is 3.85. The monoisotopic (exact) mass is 415 g/mol. The highest BCUT2D eigenvalue weighted by atomic mass is 79.9. The lowest BCUT2D eigenvalue weighted by Gasteiger charge is -2.16. The Bertz CT molecular complexity index is 990. The number of para-hydroxylation sites is 2. The zero-order valence-electron chi connectivity index (χ0n) is 14.9. The van der Waals surface area contributed by atoms with E-state index in [0.717, 1.165) is 21.1 Å². The van der Waals surface area contributed by atoms with Gasteiger partial charge in [0, 0.05) is 24.0 Å². The Morgan fingerprint density at radius 3 is 2.35 bits per heavy atom. The van der Waals surface area contributed by atoms with Crippen LogP contribution in [0.15, 0.2) is 57.8 Å². The SMILES string of the molecule is CCn1c(=O)n(CCC(=O)NC(C)c2ccccc2Br)c2ccccc21. The minimum absolute atomic E-state index is 0.0691. The van der Waals surface area contributed by atoms with Crippen molar-refractivity contribution in [3.63, 3.8) is 0 Å². The molecule has 1 aromatic heterocycles. The fraction of sp³-hybridized carbons (Fsp3) is 0.300. The van der Waals surface area contributed by atoms with E-state index < -0.39 is 0 Å². The summed E-state index contributed by atoms with van der Waals surface area (Å²) in [6.45, 7) is 4.87. The molecule has 1 amide bonds. The maximum atomic E-state index is 12.6. The lowest BCUT2D eigenvalue weighted by atomic mass is 10.1. The zero-order chi connectivity index (χ0) is 18.7. The second-order valence-corrected chi connectivity index (χ2v) is 7.08. The van der Waals surface area contributed by atoms with Gasteiger partial charge in [0.15, 0.2) is 0 Å². The van der Waals surface area contributed by atoms with E-state index in [1.807, 2.05) is 62.4 Å². The van der Waals surface area contributed by atoms with E-state index >= 15 is 0 Å². The van der Waals surface area contributed by atoms with Crippen LogP contribution in [-0.4, -0.2) is 15.0 Å². The van der Waals surface area contributed by atoms with Gasteiger partial charge in [-0.05, 0) is 37.6 Å². The Morgan fingerprint density at radius 2 is 1.69 bits per heavy atom. The average molecular weight is 416 g/mol. The number of benzene rings is 2. The molecular formula is C20H22BrN3O2. The Balaban J connectivity index is 1.73. The fourth-order valence-electron chi connectivity index (χ4n) is 3.23. The van der Waals surface area contributed by atoms with Crippen LogP contribution in [0.25, 0.3) is 11.0 Å². The van der Waals surface area contributed by atoms with Gasteiger partial charge in [-0.25, -0.2) is 4.79 Å². The van der Waals surface area contributed by atoms with Gasteiger partial charge in [0.1, 0.15) is 0 Å². The van der Waals surface area contributed by atoms with Crippen molar-refractivity contribution in [1.29, 1.82) is 0 Å². The van der Waals surface area contributed by atoms with Crippen LogP contribution in [0.5, 0.6) is 0 Å². The molecule has 0 bridgehead atoms. The van der Waals surface area contributed by atoms with Crippen LogP contribution in [0.2, 0.25) is 0 Å². The van der Waals surface area contributed by atoms with E-state index in [9.17, 15) is 9.59 Å². The predicted octanol–water partition coefficient (Wildman–Crippen LogP) is 3.85. The van der Waals surface area contributed by atoms with Gasteiger partial charge in [0.2, 0.25) is 5.91 Å². The molecule has 2 aromatic carbocycles. The molecule has 0 radical (unpaired) electrons. The molecule has 1 unspecified atom stereocenters. The van der Waals surface area contributed by atoms with Crippen molar-refractivity contribution in [2.24, 2.45) is 0 Å². The van der Waals surface area contributed by atoms with Gasteiger partial charge in [-0.2, -0.15) is 0 Å². The highest BCUT2D eigenvalue weighted by Crippen LogP contribution is 2.22. The lowest BCUT2D eigenvalue weighted by molar-refractivity contribution is -0.121. The van der Waals surface area contributed by atoms with Gasteiger partial charge < -0.3 is 5.32 Å². The smallest absolute Gasteiger partial charge is 0.329 e. The molecule has 0 saturated heterocycles. The summed E-state index contributed by atoms with van der Waals surface area (Å²) in [4.78, 5) is 25.0. The molecule has 0 fully saturated rings. The lowest BCUT2D eigenvalue weighted by Crippen LogP contribution is -2.30. The number of nitrogens with one attached hydrogen (secondary N) is 1. The van der Waals surface area contributed by atoms with Gasteiger partial charge in [-0.3, -0.25) is 13.9 Å². The third kappa shape index (κ3) is 3.60. The molecule has 3 rings (SSSR count). The number of nitrogens with zero attached hydrogens (tertiary/aromatic N) is 2. The van der Waals surface area contributed by atoms with Crippen LogP contribution in [0.3, 0.4) is 0 Å². The Morgan fingerprint density at radius 1 is 1.08 bits per heavy atom. The van der Waals surface area contributed by atoms with Crippen LogP contribution in [0.1, 0.15) is 31.9 Å².